The summed E-state index contributed by atoms with van der Waals surface area (Å²) < 4.78 is 15.5. The fourth-order valence-corrected chi connectivity index (χ4v) is 4.10. The summed E-state index contributed by atoms with van der Waals surface area (Å²) in [5.74, 6) is 1.86. The Labute approximate surface area is 199 Å². The Morgan fingerprint density at radius 2 is 1.69 bits per heavy atom. The third-order valence-corrected chi connectivity index (χ3v) is 5.72. The van der Waals surface area contributed by atoms with Crippen molar-refractivity contribution in [1.82, 2.24) is 4.57 Å². The molecule has 0 saturated carbocycles. The molecule has 0 bridgehead atoms. The van der Waals surface area contributed by atoms with Crippen LogP contribution in [0, 0.1) is 5.92 Å². The number of hydrogen-bond acceptors (Lipinski definition) is 3. The number of carbonyl (C=O) groups is 1. The van der Waals surface area contributed by atoms with Crippen LogP contribution in [0.2, 0.25) is 0 Å². The summed E-state index contributed by atoms with van der Waals surface area (Å²) in [5, 5.41) is 1.80. The highest BCUT2D eigenvalue weighted by Gasteiger charge is 2.23. The van der Waals surface area contributed by atoms with Crippen molar-refractivity contribution in [3.05, 3.63) is 66.5 Å². The van der Waals surface area contributed by atoms with Gasteiger partial charge in [-0.05, 0) is 30.5 Å². The second-order valence-corrected chi connectivity index (χ2v) is 8.24. The summed E-state index contributed by atoms with van der Waals surface area (Å²) in [6.07, 6.45) is 3.14. The van der Waals surface area contributed by atoms with Gasteiger partial charge in [-0.25, -0.2) is 9.13 Å². The van der Waals surface area contributed by atoms with Crippen LogP contribution in [0.25, 0.3) is 21.8 Å². The first-order chi connectivity index (χ1) is 15.0. The number of para-hydroxylation sites is 2. The van der Waals surface area contributed by atoms with Gasteiger partial charge in [0.1, 0.15) is 11.5 Å². The molecule has 0 N–H and O–H groups in total. The molecule has 3 aromatic carbocycles. The predicted molar refractivity (Wildman–Crippen MR) is 123 cm³/mol. The lowest BCUT2D eigenvalue weighted by molar-refractivity contribution is -0.658. The number of rotatable bonds is 8. The van der Waals surface area contributed by atoms with Gasteiger partial charge in [0.2, 0.25) is 12.1 Å². The number of benzene rings is 3. The van der Waals surface area contributed by atoms with Gasteiger partial charge < -0.3 is 26.5 Å². The zero-order chi connectivity index (χ0) is 22.0. The summed E-state index contributed by atoms with van der Waals surface area (Å²) in [7, 11) is 3.23. The summed E-state index contributed by atoms with van der Waals surface area (Å²) in [6.45, 7) is 5.60. The fourth-order valence-electron chi connectivity index (χ4n) is 4.10. The van der Waals surface area contributed by atoms with Crippen LogP contribution >= 0.6 is 0 Å². The highest BCUT2D eigenvalue weighted by molar-refractivity contribution is 6.06. The number of ketones is 1. The van der Waals surface area contributed by atoms with Crippen molar-refractivity contribution in [3.63, 3.8) is 0 Å². The molecule has 0 aliphatic carbocycles. The second-order valence-electron chi connectivity index (χ2n) is 8.24. The maximum absolute atomic E-state index is 13.5. The van der Waals surface area contributed by atoms with E-state index in [-0.39, 0.29) is 29.3 Å². The van der Waals surface area contributed by atoms with E-state index in [0.717, 1.165) is 34.8 Å². The monoisotopic (exact) mass is 496 g/mol. The number of nitrogens with zero attached hydrogens (tertiary/aromatic N) is 2. The van der Waals surface area contributed by atoms with Crippen LogP contribution in [0.4, 0.5) is 0 Å². The van der Waals surface area contributed by atoms with E-state index in [4.69, 9.17) is 9.47 Å². The maximum Gasteiger partial charge on any atom is 0.245 e. The minimum Gasteiger partial charge on any atom is -1.00 e. The van der Waals surface area contributed by atoms with E-state index < -0.39 is 0 Å². The van der Waals surface area contributed by atoms with Gasteiger partial charge in [0.05, 0.1) is 26.3 Å². The van der Waals surface area contributed by atoms with Crippen molar-refractivity contribution >= 4 is 27.6 Å². The Balaban J connectivity index is 0.00000289. The topological polar surface area (TPSA) is 44.3 Å². The maximum atomic E-state index is 13.5. The van der Waals surface area contributed by atoms with Crippen LogP contribution in [0.1, 0.15) is 30.6 Å². The standard InChI is InChI=1S/C26H29N2O3.BrH/c1-18(2)13-14-27-17-28(23-12-8-7-11-22(23)27)16-24(29)21-15-25(30-3)19-9-5-6-10-20(19)26(21)31-4;/h5-12,15,17-18H,13-14,16H2,1-4H3;1H/q+1;/p-1. The Bertz CT molecular complexity index is 1250. The van der Waals surface area contributed by atoms with Crippen molar-refractivity contribution in [3.8, 4) is 11.5 Å². The minimum atomic E-state index is -0.0161. The van der Waals surface area contributed by atoms with Gasteiger partial charge in [0.15, 0.2) is 17.6 Å². The third-order valence-electron chi connectivity index (χ3n) is 5.72. The molecule has 0 aliphatic rings. The zero-order valence-electron chi connectivity index (χ0n) is 19.0. The molecule has 0 aliphatic heterocycles. The average molecular weight is 497 g/mol. The molecule has 4 aromatic rings. The Morgan fingerprint density at radius 1 is 1.00 bits per heavy atom. The van der Waals surface area contributed by atoms with Gasteiger partial charge in [0.25, 0.3) is 0 Å². The number of Topliss-reactive ketones (excluding diaryl/α,β-unsaturated/α-hetero) is 1. The lowest BCUT2D eigenvalue weighted by Crippen LogP contribution is -3.00. The number of fused-ring (bicyclic) bond motifs is 2. The Hall–Kier alpha value is -2.86. The molecule has 0 amide bonds. The highest BCUT2D eigenvalue weighted by atomic mass is 79.9. The molecule has 32 heavy (non-hydrogen) atoms. The van der Waals surface area contributed by atoms with E-state index in [1.165, 1.54) is 0 Å². The molecule has 0 atom stereocenters. The molecular formula is C26H29BrN2O3. The van der Waals surface area contributed by atoms with Crippen LogP contribution < -0.4 is 31.0 Å². The van der Waals surface area contributed by atoms with Crippen molar-refractivity contribution in [2.24, 2.45) is 5.92 Å². The number of methoxy groups -OCH3 is 2. The molecule has 1 heterocycles. The molecule has 0 spiro atoms. The second kappa shape index (κ2) is 10.2. The number of halogens is 1. The first-order valence-electron chi connectivity index (χ1n) is 10.7. The van der Waals surface area contributed by atoms with Crippen LogP contribution in [-0.4, -0.2) is 24.6 Å². The average Bonchev–Trinajstić information content (AvgIpc) is 3.13. The summed E-state index contributed by atoms with van der Waals surface area (Å²) in [6, 6.07) is 17.8. The SMILES string of the molecule is COc1cc(C(=O)C[n+]2cn(CCC(C)C)c3ccccc32)c(OC)c2ccccc12.[Br-]. The van der Waals surface area contributed by atoms with E-state index >= 15 is 0 Å². The van der Waals surface area contributed by atoms with Crippen molar-refractivity contribution < 1.29 is 35.8 Å². The molecule has 168 valence electrons. The van der Waals surface area contributed by atoms with Gasteiger partial charge in [-0.15, -0.1) is 0 Å². The minimum absolute atomic E-state index is 0. The number of aryl methyl sites for hydroxylation is 1. The first-order valence-corrected chi connectivity index (χ1v) is 10.7. The smallest absolute Gasteiger partial charge is 0.245 e. The number of imidazole rings is 1. The number of aromatic nitrogens is 2. The largest absolute Gasteiger partial charge is 1.00 e. The van der Waals surface area contributed by atoms with Gasteiger partial charge in [-0.2, -0.15) is 0 Å². The van der Waals surface area contributed by atoms with Crippen LogP contribution in [-0.2, 0) is 13.1 Å². The van der Waals surface area contributed by atoms with Gasteiger partial charge in [-0.1, -0.05) is 50.2 Å². The van der Waals surface area contributed by atoms with Crippen molar-refractivity contribution in [2.75, 3.05) is 14.2 Å². The van der Waals surface area contributed by atoms with Crippen LogP contribution in [0.5, 0.6) is 11.5 Å². The Kier molecular flexibility index (Phi) is 7.56. The quantitative estimate of drug-likeness (QED) is 0.277. The summed E-state index contributed by atoms with van der Waals surface area (Å²) in [4.78, 5) is 13.5. The van der Waals surface area contributed by atoms with Gasteiger partial charge in [-0.3, -0.25) is 4.79 Å². The third kappa shape index (κ3) is 4.51. The molecule has 0 unspecified atom stereocenters. The molecule has 5 nitrogen and oxygen atoms in total. The lowest BCUT2D eigenvalue weighted by Gasteiger charge is -2.14. The summed E-state index contributed by atoms with van der Waals surface area (Å²) >= 11 is 0. The fraction of sp³-hybridized carbons (Fsp3) is 0.308. The van der Waals surface area contributed by atoms with Crippen molar-refractivity contribution in [2.45, 2.75) is 33.4 Å². The number of ether oxygens (including phenoxy) is 2. The van der Waals surface area contributed by atoms with Crippen LogP contribution in [0.3, 0.4) is 0 Å². The van der Waals surface area contributed by atoms with Crippen molar-refractivity contribution in [1.29, 1.82) is 0 Å². The van der Waals surface area contributed by atoms with Gasteiger partial charge in [0, 0.05) is 10.8 Å². The van der Waals surface area contributed by atoms with Gasteiger partial charge >= 0.3 is 0 Å². The first kappa shape index (κ1) is 23.8. The normalized spacial score (nSPS) is 11.0. The van der Waals surface area contributed by atoms with E-state index in [1.54, 1.807) is 20.3 Å². The molecule has 1 aromatic heterocycles. The predicted octanol–water partition coefficient (Wildman–Crippen LogP) is 2.03. The number of hydrogen-bond donors (Lipinski definition) is 0. The van der Waals surface area contributed by atoms with E-state index in [0.29, 0.717) is 23.0 Å². The molecule has 0 radical (unpaired) electrons. The number of carbonyl (C=O) groups excluding carboxylic acids is 1. The molecule has 6 heteroatoms. The highest BCUT2D eigenvalue weighted by Crippen LogP contribution is 2.36. The lowest BCUT2D eigenvalue weighted by atomic mass is 10.0. The summed E-state index contributed by atoms with van der Waals surface area (Å²) in [5.41, 5.74) is 2.72. The zero-order valence-corrected chi connectivity index (χ0v) is 20.6. The van der Waals surface area contributed by atoms with E-state index in [2.05, 4.69) is 36.9 Å². The van der Waals surface area contributed by atoms with E-state index in [9.17, 15) is 4.79 Å². The van der Waals surface area contributed by atoms with E-state index in [1.807, 2.05) is 41.0 Å². The molecule has 4 rings (SSSR count). The Morgan fingerprint density at radius 3 is 2.38 bits per heavy atom. The molecular weight excluding hydrogens is 468 g/mol. The molecule has 0 fully saturated rings. The molecule has 0 saturated heterocycles. The van der Waals surface area contributed by atoms with Crippen LogP contribution in [0.15, 0.2) is 60.9 Å².